The molecular formula is C15H25N3. The van der Waals surface area contributed by atoms with E-state index >= 15 is 0 Å². The minimum absolute atomic E-state index is 0.505. The van der Waals surface area contributed by atoms with Crippen molar-refractivity contribution in [1.82, 2.24) is 14.9 Å². The van der Waals surface area contributed by atoms with Crippen molar-refractivity contribution >= 4 is 5.57 Å². The van der Waals surface area contributed by atoms with Crippen LogP contribution in [-0.2, 0) is 7.05 Å². The number of hydrogen-bond acceptors (Lipinski definition) is 2. The Balaban J connectivity index is 3.19. The predicted octanol–water partition coefficient (Wildman–Crippen LogP) is 3.38. The van der Waals surface area contributed by atoms with E-state index in [1.54, 1.807) is 0 Å². The average molecular weight is 247 g/mol. The number of hydrogen-bond donors (Lipinski definition) is 1. The second-order valence-electron chi connectivity index (χ2n) is 4.88. The molecule has 0 radical (unpaired) electrons. The number of nitrogens with zero attached hydrogens (tertiary/aromatic N) is 2. The molecule has 100 valence electrons. The van der Waals surface area contributed by atoms with Gasteiger partial charge >= 0.3 is 0 Å². The Kier molecular flexibility index (Phi) is 4.76. The van der Waals surface area contributed by atoms with Crippen LogP contribution in [0.2, 0.25) is 0 Å². The highest BCUT2D eigenvalue weighted by Gasteiger charge is 2.16. The molecule has 0 aliphatic carbocycles. The molecule has 0 bridgehead atoms. The van der Waals surface area contributed by atoms with Crippen molar-refractivity contribution in [3.63, 3.8) is 0 Å². The molecule has 1 N–H and O–H groups in total. The van der Waals surface area contributed by atoms with Crippen LogP contribution in [0.25, 0.3) is 5.57 Å². The summed E-state index contributed by atoms with van der Waals surface area (Å²) < 4.78 is 2.16. The molecule has 3 heteroatoms. The zero-order valence-electron chi connectivity index (χ0n) is 12.5. The quantitative estimate of drug-likeness (QED) is 0.808. The Bertz CT molecular complexity index is 466. The fourth-order valence-electron chi connectivity index (χ4n) is 2.01. The van der Waals surface area contributed by atoms with Gasteiger partial charge in [0.2, 0.25) is 0 Å². The number of nitrogens with one attached hydrogen (secondary N) is 1. The molecule has 0 saturated carbocycles. The maximum atomic E-state index is 4.79. The monoisotopic (exact) mass is 247 g/mol. The minimum Gasteiger partial charge on any atom is -0.389 e. The Morgan fingerprint density at radius 2 is 2.17 bits per heavy atom. The highest BCUT2D eigenvalue weighted by atomic mass is 15.1. The first kappa shape index (κ1) is 14.6. The summed E-state index contributed by atoms with van der Waals surface area (Å²) in [6.07, 6.45) is 3.14. The number of aromatic nitrogens is 2. The molecule has 0 fully saturated rings. The van der Waals surface area contributed by atoms with Crippen molar-refractivity contribution in [1.29, 1.82) is 0 Å². The maximum Gasteiger partial charge on any atom is 0.135 e. The van der Waals surface area contributed by atoms with Gasteiger partial charge in [-0.25, -0.2) is 4.98 Å². The third-order valence-electron chi connectivity index (χ3n) is 3.56. The molecule has 1 aromatic heterocycles. The van der Waals surface area contributed by atoms with Gasteiger partial charge in [0.05, 0.1) is 5.69 Å². The van der Waals surface area contributed by atoms with Gasteiger partial charge in [0.25, 0.3) is 0 Å². The van der Waals surface area contributed by atoms with E-state index < -0.39 is 0 Å². The molecule has 1 heterocycles. The van der Waals surface area contributed by atoms with Gasteiger partial charge in [0, 0.05) is 25.5 Å². The van der Waals surface area contributed by atoms with Crippen molar-refractivity contribution in [2.75, 3.05) is 7.05 Å². The van der Waals surface area contributed by atoms with Crippen LogP contribution >= 0.6 is 0 Å². The largest absolute Gasteiger partial charge is 0.389 e. The molecule has 0 aliphatic heterocycles. The molecule has 18 heavy (non-hydrogen) atoms. The van der Waals surface area contributed by atoms with E-state index in [2.05, 4.69) is 51.2 Å². The lowest BCUT2D eigenvalue weighted by Gasteiger charge is -2.06. The zero-order chi connectivity index (χ0) is 13.9. The third-order valence-corrected chi connectivity index (χ3v) is 3.56. The van der Waals surface area contributed by atoms with Crippen LogP contribution in [0.4, 0.5) is 0 Å². The van der Waals surface area contributed by atoms with Crippen molar-refractivity contribution in [3.8, 4) is 0 Å². The van der Waals surface area contributed by atoms with Gasteiger partial charge in [-0.15, -0.1) is 0 Å². The van der Waals surface area contributed by atoms with Crippen molar-refractivity contribution in [2.24, 2.45) is 7.05 Å². The van der Waals surface area contributed by atoms with E-state index in [-0.39, 0.29) is 0 Å². The van der Waals surface area contributed by atoms with E-state index in [9.17, 15) is 0 Å². The Labute approximate surface area is 111 Å². The molecule has 1 rings (SSSR count). The Morgan fingerprint density at radius 3 is 2.67 bits per heavy atom. The molecule has 0 aromatic carbocycles. The predicted molar refractivity (Wildman–Crippen MR) is 78.5 cm³/mol. The second kappa shape index (κ2) is 5.89. The van der Waals surface area contributed by atoms with Gasteiger partial charge in [-0.05, 0) is 37.8 Å². The molecular weight excluding hydrogens is 222 g/mol. The summed E-state index contributed by atoms with van der Waals surface area (Å²) in [5, 5.41) is 3.03. The number of imidazole rings is 1. The first-order chi connectivity index (χ1) is 8.42. The van der Waals surface area contributed by atoms with E-state index in [1.807, 2.05) is 13.1 Å². The smallest absolute Gasteiger partial charge is 0.135 e. The van der Waals surface area contributed by atoms with Gasteiger partial charge in [-0.2, -0.15) is 0 Å². The van der Waals surface area contributed by atoms with Crippen molar-refractivity contribution < 1.29 is 0 Å². The summed E-state index contributed by atoms with van der Waals surface area (Å²) in [7, 11) is 3.95. The van der Waals surface area contributed by atoms with Crippen LogP contribution in [-0.4, -0.2) is 16.6 Å². The lowest BCUT2D eigenvalue weighted by atomic mass is 10.0. The molecule has 0 saturated heterocycles. The maximum absolute atomic E-state index is 4.79. The van der Waals surface area contributed by atoms with Gasteiger partial charge in [-0.1, -0.05) is 20.4 Å². The lowest BCUT2D eigenvalue weighted by molar-refractivity contribution is 0.703. The van der Waals surface area contributed by atoms with Crippen LogP contribution in [0, 0.1) is 6.92 Å². The SMILES string of the molecule is C=C(/C=C(/C)c1nc(C(C)CC)c(C)n1C)NC. The number of allylic oxidation sites excluding steroid dienone is 2. The Morgan fingerprint density at radius 1 is 1.56 bits per heavy atom. The minimum atomic E-state index is 0.505. The van der Waals surface area contributed by atoms with Crippen molar-refractivity contribution in [2.45, 2.75) is 40.0 Å². The van der Waals surface area contributed by atoms with Crippen LogP contribution in [0.5, 0.6) is 0 Å². The standard InChI is InChI=1S/C15H25N3/c1-8-10(2)14-13(5)18(7)15(17-14)11(3)9-12(4)16-6/h9-10,16H,4,8H2,1-3,5-7H3/b11-9-. The van der Waals surface area contributed by atoms with Crippen LogP contribution in [0.3, 0.4) is 0 Å². The Hall–Kier alpha value is -1.51. The van der Waals surface area contributed by atoms with Gasteiger partial charge in [0.15, 0.2) is 0 Å². The third kappa shape index (κ3) is 2.84. The molecule has 3 nitrogen and oxygen atoms in total. The summed E-state index contributed by atoms with van der Waals surface area (Å²) in [5.41, 5.74) is 4.49. The zero-order valence-corrected chi connectivity index (χ0v) is 12.5. The first-order valence-corrected chi connectivity index (χ1v) is 6.50. The highest BCUT2D eigenvalue weighted by molar-refractivity contribution is 5.61. The molecule has 0 aliphatic rings. The topological polar surface area (TPSA) is 29.9 Å². The van der Waals surface area contributed by atoms with Crippen LogP contribution < -0.4 is 5.32 Å². The number of likely N-dealkylation sites (N-methyl/N-ethyl adjacent to an activating group) is 1. The second-order valence-corrected chi connectivity index (χ2v) is 4.88. The normalized spacial score (nSPS) is 13.6. The molecule has 1 atom stereocenters. The van der Waals surface area contributed by atoms with Crippen LogP contribution in [0.1, 0.15) is 50.3 Å². The average Bonchev–Trinajstić information content (AvgIpc) is 2.65. The summed E-state index contributed by atoms with van der Waals surface area (Å²) >= 11 is 0. The molecule has 1 unspecified atom stereocenters. The molecule has 1 aromatic rings. The van der Waals surface area contributed by atoms with Crippen LogP contribution in [0.15, 0.2) is 18.4 Å². The van der Waals surface area contributed by atoms with E-state index in [1.165, 1.54) is 11.4 Å². The molecule has 0 spiro atoms. The number of rotatable bonds is 5. The van der Waals surface area contributed by atoms with E-state index in [0.717, 1.165) is 23.5 Å². The molecule has 0 amide bonds. The summed E-state index contributed by atoms with van der Waals surface area (Å²) in [6.45, 7) is 12.6. The van der Waals surface area contributed by atoms with E-state index in [0.29, 0.717) is 5.92 Å². The van der Waals surface area contributed by atoms with Gasteiger partial charge in [0.1, 0.15) is 5.82 Å². The summed E-state index contributed by atoms with van der Waals surface area (Å²) in [5.74, 6) is 1.53. The summed E-state index contributed by atoms with van der Waals surface area (Å²) in [6, 6.07) is 0. The first-order valence-electron chi connectivity index (χ1n) is 6.50. The lowest BCUT2D eigenvalue weighted by Crippen LogP contribution is -2.03. The fourth-order valence-corrected chi connectivity index (χ4v) is 2.01. The van der Waals surface area contributed by atoms with Gasteiger partial charge in [-0.3, -0.25) is 0 Å². The van der Waals surface area contributed by atoms with Gasteiger partial charge < -0.3 is 9.88 Å². The van der Waals surface area contributed by atoms with Crippen molar-refractivity contribution in [3.05, 3.63) is 35.6 Å². The summed E-state index contributed by atoms with van der Waals surface area (Å²) in [4.78, 5) is 4.79. The van der Waals surface area contributed by atoms with E-state index in [4.69, 9.17) is 4.98 Å². The fraction of sp³-hybridized carbons (Fsp3) is 0.533. The highest BCUT2D eigenvalue weighted by Crippen LogP contribution is 2.25.